The average Bonchev–Trinajstić information content (AvgIpc) is 1.88. The van der Waals surface area contributed by atoms with Crippen molar-refractivity contribution in [3.63, 3.8) is 0 Å². The third kappa shape index (κ3) is 2.19. The van der Waals surface area contributed by atoms with Gasteiger partial charge >= 0.3 is 0 Å². The van der Waals surface area contributed by atoms with E-state index in [0.717, 1.165) is 0 Å². The van der Waals surface area contributed by atoms with Gasteiger partial charge in [0.2, 0.25) is 10.3 Å². The molecule has 10 heavy (non-hydrogen) atoms. The standard InChI is InChI=1S/C7H10O2S/c1-4-6(3)7(5-2)10(8)9/h4-6H,1-2H2,3H3. The second-order valence-electron chi connectivity index (χ2n) is 1.87. The molecule has 0 aromatic rings. The maximum Gasteiger partial charge on any atom is 0.217 e. The average molecular weight is 158 g/mol. The van der Waals surface area contributed by atoms with Gasteiger partial charge in [0, 0.05) is 5.92 Å². The first kappa shape index (κ1) is 9.17. The molecule has 56 valence electrons. The van der Waals surface area contributed by atoms with E-state index in [4.69, 9.17) is 0 Å². The van der Waals surface area contributed by atoms with E-state index in [2.05, 4.69) is 13.2 Å². The van der Waals surface area contributed by atoms with Crippen LogP contribution in [0.2, 0.25) is 0 Å². The van der Waals surface area contributed by atoms with Crippen molar-refractivity contribution in [3.8, 4) is 0 Å². The van der Waals surface area contributed by atoms with Crippen LogP contribution in [0, 0.1) is 5.92 Å². The van der Waals surface area contributed by atoms with Crippen LogP contribution in [0.3, 0.4) is 0 Å². The van der Waals surface area contributed by atoms with Gasteiger partial charge in [-0.1, -0.05) is 25.7 Å². The molecule has 1 atom stereocenters. The van der Waals surface area contributed by atoms with Gasteiger partial charge in [0.15, 0.2) is 0 Å². The monoisotopic (exact) mass is 158 g/mol. The summed E-state index contributed by atoms with van der Waals surface area (Å²) < 4.78 is 20.7. The molecule has 0 aliphatic carbocycles. The molecule has 0 saturated carbocycles. The van der Waals surface area contributed by atoms with Crippen LogP contribution in [0.1, 0.15) is 6.92 Å². The summed E-state index contributed by atoms with van der Waals surface area (Å²) in [5.41, 5.74) is 0. The SMILES string of the molecule is C=CC(C(C)C=C)=S(=O)=O. The summed E-state index contributed by atoms with van der Waals surface area (Å²) in [6.45, 7) is 8.59. The van der Waals surface area contributed by atoms with E-state index in [1.165, 1.54) is 6.08 Å². The fraction of sp³-hybridized carbons (Fsp3) is 0.286. The summed E-state index contributed by atoms with van der Waals surface area (Å²) >= 11 is 0. The molecule has 1 unspecified atom stereocenters. The lowest BCUT2D eigenvalue weighted by Crippen LogP contribution is -2.05. The van der Waals surface area contributed by atoms with Crippen molar-refractivity contribution in [2.75, 3.05) is 0 Å². The second-order valence-corrected chi connectivity index (χ2v) is 2.81. The van der Waals surface area contributed by atoms with Gasteiger partial charge in [-0.3, -0.25) is 0 Å². The zero-order valence-corrected chi connectivity index (χ0v) is 6.69. The molecule has 0 aliphatic heterocycles. The second kappa shape index (κ2) is 4.06. The lowest BCUT2D eigenvalue weighted by molar-refractivity contribution is 0.626. The minimum atomic E-state index is -2.16. The zero-order chi connectivity index (χ0) is 8.15. The Hall–Kier alpha value is -0.830. The van der Waals surface area contributed by atoms with Crippen LogP contribution in [0.25, 0.3) is 0 Å². The van der Waals surface area contributed by atoms with Crippen molar-refractivity contribution in [3.05, 3.63) is 25.3 Å². The lowest BCUT2D eigenvalue weighted by Gasteiger charge is -1.98. The first-order valence-corrected chi connectivity index (χ1v) is 3.92. The molecular weight excluding hydrogens is 148 g/mol. The van der Waals surface area contributed by atoms with Crippen LogP contribution in [0.4, 0.5) is 0 Å². The van der Waals surface area contributed by atoms with Gasteiger partial charge in [-0.15, -0.1) is 6.58 Å². The number of rotatable bonds is 3. The van der Waals surface area contributed by atoms with Crippen LogP contribution in [-0.4, -0.2) is 13.3 Å². The molecule has 0 N–H and O–H groups in total. The molecule has 0 spiro atoms. The molecule has 0 bridgehead atoms. The molecule has 3 heteroatoms. The minimum absolute atomic E-state index is 0.143. The van der Waals surface area contributed by atoms with E-state index in [1.54, 1.807) is 13.0 Å². The summed E-state index contributed by atoms with van der Waals surface area (Å²) in [4.78, 5) is 0.287. The molecule has 0 aromatic carbocycles. The molecule has 0 fully saturated rings. The van der Waals surface area contributed by atoms with Crippen LogP contribution in [0.5, 0.6) is 0 Å². The van der Waals surface area contributed by atoms with Crippen molar-refractivity contribution in [1.29, 1.82) is 0 Å². The molecule has 0 amide bonds. The Bertz CT molecular complexity index is 251. The van der Waals surface area contributed by atoms with Crippen LogP contribution < -0.4 is 0 Å². The normalized spacial score (nSPS) is 11.7. The Morgan fingerprint density at radius 3 is 2.10 bits per heavy atom. The maximum atomic E-state index is 10.4. The van der Waals surface area contributed by atoms with Crippen LogP contribution in [0.15, 0.2) is 25.3 Å². The highest BCUT2D eigenvalue weighted by Crippen LogP contribution is 1.98. The number of hydrogen-bond donors (Lipinski definition) is 0. The van der Waals surface area contributed by atoms with Gasteiger partial charge < -0.3 is 0 Å². The van der Waals surface area contributed by atoms with Crippen molar-refractivity contribution in [1.82, 2.24) is 0 Å². The Kier molecular flexibility index (Phi) is 3.72. The summed E-state index contributed by atoms with van der Waals surface area (Å²) in [5.74, 6) is -0.143. The lowest BCUT2D eigenvalue weighted by atomic mass is 10.1. The van der Waals surface area contributed by atoms with Crippen molar-refractivity contribution < 1.29 is 8.42 Å². The summed E-state index contributed by atoms with van der Waals surface area (Å²) in [5, 5.41) is 0. The summed E-state index contributed by atoms with van der Waals surface area (Å²) in [7, 11) is -2.16. The van der Waals surface area contributed by atoms with E-state index in [1.807, 2.05) is 0 Å². The number of allylic oxidation sites excluding steroid dienone is 2. The Morgan fingerprint density at radius 1 is 1.50 bits per heavy atom. The maximum absolute atomic E-state index is 10.4. The van der Waals surface area contributed by atoms with E-state index in [0.29, 0.717) is 0 Å². The van der Waals surface area contributed by atoms with Gasteiger partial charge in [0.1, 0.15) is 0 Å². The quantitative estimate of drug-likeness (QED) is 0.349. The summed E-state index contributed by atoms with van der Waals surface area (Å²) in [6.07, 6.45) is 2.89. The Morgan fingerprint density at radius 2 is 2.00 bits per heavy atom. The highest BCUT2D eigenvalue weighted by Gasteiger charge is 2.02. The first-order chi connectivity index (χ1) is 4.63. The van der Waals surface area contributed by atoms with Crippen molar-refractivity contribution in [2.45, 2.75) is 6.92 Å². The smallest absolute Gasteiger partial charge is 0.184 e. The number of hydrogen-bond acceptors (Lipinski definition) is 2. The van der Waals surface area contributed by atoms with Crippen LogP contribution >= 0.6 is 0 Å². The zero-order valence-electron chi connectivity index (χ0n) is 5.87. The molecule has 0 aromatic heterocycles. The van der Waals surface area contributed by atoms with Crippen LogP contribution in [-0.2, 0) is 10.3 Å². The van der Waals surface area contributed by atoms with Crippen molar-refractivity contribution in [2.24, 2.45) is 5.92 Å². The van der Waals surface area contributed by atoms with E-state index >= 15 is 0 Å². The van der Waals surface area contributed by atoms with E-state index in [9.17, 15) is 8.42 Å². The largest absolute Gasteiger partial charge is 0.217 e. The topological polar surface area (TPSA) is 34.1 Å². The van der Waals surface area contributed by atoms with Gasteiger partial charge in [-0.2, -0.15) is 8.42 Å². The fourth-order valence-corrected chi connectivity index (χ4v) is 1.06. The predicted molar refractivity (Wildman–Crippen MR) is 43.5 cm³/mol. The summed E-state index contributed by atoms with van der Waals surface area (Å²) in [6, 6.07) is 0. The van der Waals surface area contributed by atoms with Gasteiger partial charge in [-0.05, 0) is 0 Å². The molecule has 0 heterocycles. The van der Waals surface area contributed by atoms with Gasteiger partial charge in [0.25, 0.3) is 0 Å². The fourth-order valence-electron chi connectivity index (χ4n) is 0.522. The third-order valence-corrected chi connectivity index (χ3v) is 2.12. The van der Waals surface area contributed by atoms with E-state index in [-0.39, 0.29) is 10.8 Å². The molecule has 0 aliphatic rings. The third-order valence-electron chi connectivity index (χ3n) is 1.20. The molecule has 0 rings (SSSR count). The Balaban J connectivity index is 4.89. The molecule has 0 saturated heterocycles. The minimum Gasteiger partial charge on any atom is -0.184 e. The van der Waals surface area contributed by atoms with Gasteiger partial charge in [-0.25, -0.2) is 0 Å². The molecule has 2 nitrogen and oxygen atoms in total. The first-order valence-electron chi connectivity index (χ1n) is 2.84. The van der Waals surface area contributed by atoms with Crippen molar-refractivity contribution >= 4 is 15.2 Å². The molecular formula is C7H10O2S. The highest BCUT2D eigenvalue weighted by molar-refractivity contribution is 7.73. The predicted octanol–water partition coefficient (Wildman–Crippen LogP) is 1.05. The van der Waals surface area contributed by atoms with Gasteiger partial charge in [0.05, 0.1) is 4.86 Å². The van der Waals surface area contributed by atoms with E-state index < -0.39 is 10.3 Å². The highest BCUT2D eigenvalue weighted by atomic mass is 32.2. The Labute approximate surface area is 62.4 Å². The molecule has 0 radical (unpaired) electrons.